The second kappa shape index (κ2) is 10.9. The summed E-state index contributed by atoms with van der Waals surface area (Å²) in [6, 6.07) is 0. The summed E-state index contributed by atoms with van der Waals surface area (Å²) in [6.07, 6.45) is 18.5. The Bertz CT molecular complexity index is 425. The molecular weight excluding hydrogens is 344 g/mol. The van der Waals surface area contributed by atoms with E-state index in [9.17, 15) is 0 Å². The van der Waals surface area contributed by atoms with Crippen LogP contribution in [0.15, 0.2) is 24.3 Å². The van der Waals surface area contributed by atoms with E-state index in [-0.39, 0.29) is 6.29 Å². The number of hydrogen-bond donors (Lipinski definition) is 0. The lowest BCUT2D eigenvalue weighted by Crippen LogP contribution is -2.39. The van der Waals surface area contributed by atoms with Crippen LogP contribution in [0.25, 0.3) is 0 Å². The molecule has 2 saturated carbocycles. The molecule has 0 bridgehead atoms. The Balaban J connectivity index is 1.34. The number of halogens is 1. The highest BCUT2D eigenvalue weighted by atomic mass is 35.5. The zero-order valence-corrected chi connectivity index (χ0v) is 17.0. The van der Waals surface area contributed by atoms with Gasteiger partial charge >= 0.3 is 0 Å². The quantitative estimate of drug-likeness (QED) is 0.361. The maximum absolute atomic E-state index is 6.11. The van der Waals surface area contributed by atoms with Crippen LogP contribution in [0.1, 0.15) is 70.6 Å². The normalized spacial score (nSPS) is 39.1. The van der Waals surface area contributed by atoms with Gasteiger partial charge in [-0.2, -0.15) is 0 Å². The molecule has 1 aliphatic heterocycles. The van der Waals surface area contributed by atoms with Crippen LogP contribution < -0.4 is 0 Å². The van der Waals surface area contributed by atoms with Gasteiger partial charge in [0.15, 0.2) is 6.29 Å². The average molecular weight is 381 g/mol. The van der Waals surface area contributed by atoms with E-state index in [0.29, 0.717) is 11.8 Å². The maximum Gasteiger partial charge on any atom is 0.160 e. The minimum atomic E-state index is 0.0659. The molecule has 0 N–H and O–H groups in total. The number of allylic oxidation sites excluding steroid dienone is 2. The van der Waals surface area contributed by atoms with Gasteiger partial charge in [0.25, 0.3) is 0 Å². The molecule has 3 aliphatic rings. The van der Waals surface area contributed by atoms with Crippen molar-refractivity contribution in [1.29, 1.82) is 0 Å². The summed E-state index contributed by atoms with van der Waals surface area (Å²) in [5, 5.41) is 0. The first-order valence-corrected chi connectivity index (χ1v) is 11.3. The number of hydrogen-bond acceptors (Lipinski definition) is 2. The van der Waals surface area contributed by atoms with Gasteiger partial charge in [-0.3, -0.25) is 0 Å². The minimum absolute atomic E-state index is 0.0659. The van der Waals surface area contributed by atoms with Gasteiger partial charge in [-0.15, -0.1) is 6.58 Å². The highest BCUT2D eigenvalue weighted by Gasteiger charge is 2.35. The van der Waals surface area contributed by atoms with Gasteiger partial charge in [-0.25, -0.2) is 0 Å². The van der Waals surface area contributed by atoms with Crippen LogP contribution in [0.5, 0.6) is 0 Å². The smallest absolute Gasteiger partial charge is 0.160 e. The first kappa shape index (κ1) is 20.4. The van der Waals surface area contributed by atoms with Gasteiger partial charge in [-0.1, -0.05) is 23.8 Å². The molecule has 2 nitrogen and oxygen atoms in total. The molecule has 0 aromatic rings. The monoisotopic (exact) mass is 380 g/mol. The lowest BCUT2D eigenvalue weighted by Gasteiger charge is -2.40. The fourth-order valence-corrected chi connectivity index (χ4v) is 5.55. The SMILES string of the molecule is C=CCCCC1COC(C2CCC(C3CCC(/C=C/Cl)CC3)CC2)OC1. The summed E-state index contributed by atoms with van der Waals surface area (Å²) >= 11 is 5.74. The van der Waals surface area contributed by atoms with E-state index in [1.165, 1.54) is 64.2 Å². The van der Waals surface area contributed by atoms with Crippen molar-refractivity contribution in [2.24, 2.45) is 29.6 Å². The maximum atomic E-state index is 6.11. The lowest BCUT2D eigenvalue weighted by molar-refractivity contribution is -0.230. The Morgan fingerprint density at radius 3 is 2.00 bits per heavy atom. The summed E-state index contributed by atoms with van der Waals surface area (Å²) in [7, 11) is 0. The van der Waals surface area contributed by atoms with Gasteiger partial charge in [-0.05, 0) is 88.4 Å². The Labute approximate surface area is 165 Å². The third-order valence-electron chi connectivity index (χ3n) is 7.04. The Kier molecular flexibility index (Phi) is 8.55. The Morgan fingerprint density at radius 1 is 0.846 bits per heavy atom. The van der Waals surface area contributed by atoms with E-state index < -0.39 is 0 Å². The van der Waals surface area contributed by atoms with E-state index >= 15 is 0 Å². The molecule has 0 aromatic carbocycles. The van der Waals surface area contributed by atoms with Crippen LogP contribution in [0.4, 0.5) is 0 Å². The van der Waals surface area contributed by atoms with Gasteiger partial charge in [0.2, 0.25) is 0 Å². The largest absolute Gasteiger partial charge is 0.352 e. The third kappa shape index (κ3) is 5.84. The van der Waals surface area contributed by atoms with E-state index in [4.69, 9.17) is 21.1 Å². The van der Waals surface area contributed by atoms with Crippen molar-refractivity contribution < 1.29 is 9.47 Å². The summed E-state index contributed by atoms with van der Waals surface area (Å²) in [4.78, 5) is 0. The molecule has 0 unspecified atom stereocenters. The molecule has 0 aromatic heterocycles. The zero-order chi connectivity index (χ0) is 18.2. The van der Waals surface area contributed by atoms with Crippen molar-refractivity contribution in [3.63, 3.8) is 0 Å². The number of ether oxygens (including phenoxy) is 2. The zero-order valence-electron chi connectivity index (χ0n) is 16.3. The molecule has 0 amide bonds. The minimum Gasteiger partial charge on any atom is -0.352 e. The third-order valence-corrected chi connectivity index (χ3v) is 7.19. The van der Waals surface area contributed by atoms with Crippen molar-refractivity contribution >= 4 is 11.6 Å². The van der Waals surface area contributed by atoms with Crippen LogP contribution in [-0.2, 0) is 9.47 Å². The Hall–Kier alpha value is -0.310. The highest BCUT2D eigenvalue weighted by molar-refractivity contribution is 6.25. The first-order valence-electron chi connectivity index (χ1n) is 10.9. The molecule has 0 atom stereocenters. The molecule has 1 saturated heterocycles. The van der Waals surface area contributed by atoms with Crippen molar-refractivity contribution in [2.75, 3.05) is 13.2 Å². The molecule has 3 rings (SSSR count). The first-order chi connectivity index (χ1) is 12.8. The van der Waals surface area contributed by atoms with Crippen LogP contribution in [0.3, 0.4) is 0 Å². The van der Waals surface area contributed by atoms with Crippen LogP contribution in [0.2, 0.25) is 0 Å². The van der Waals surface area contributed by atoms with Crippen LogP contribution in [-0.4, -0.2) is 19.5 Å². The highest BCUT2D eigenvalue weighted by Crippen LogP contribution is 2.43. The average Bonchev–Trinajstić information content (AvgIpc) is 2.70. The molecule has 26 heavy (non-hydrogen) atoms. The van der Waals surface area contributed by atoms with Crippen LogP contribution in [0, 0.1) is 29.6 Å². The summed E-state index contributed by atoms with van der Waals surface area (Å²) < 4.78 is 12.2. The predicted octanol–water partition coefficient (Wildman–Crippen LogP) is 6.70. The molecule has 148 valence electrons. The topological polar surface area (TPSA) is 18.5 Å². The van der Waals surface area contributed by atoms with Crippen molar-refractivity contribution in [3.05, 3.63) is 24.3 Å². The van der Waals surface area contributed by atoms with Crippen molar-refractivity contribution in [3.8, 4) is 0 Å². The fraction of sp³-hybridized carbons (Fsp3) is 0.826. The second-order valence-electron chi connectivity index (χ2n) is 8.79. The summed E-state index contributed by atoms with van der Waals surface area (Å²) in [5.74, 6) is 3.81. The molecule has 3 fully saturated rings. The summed E-state index contributed by atoms with van der Waals surface area (Å²) in [6.45, 7) is 5.57. The van der Waals surface area contributed by atoms with E-state index in [1.54, 1.807) is 5.54 Å². The van der Waals surface area contributed by atoms with Gasteiger partial charge in [0, 0.05) is 17.4 Å². The fourth-order valence-electron chi connectivity index (χ4n) is 5.35. The standard InChI is InChI=1S/C23H37ClO2/c1-2-3-4-5-19-16-25-23(26-17-19)22-12-10-21(11-13-22)20-8-6-18(7-9-20)14-15-24/h2,14-15,18-23H,1,3-13,16-17H2/b15-14+. The molecule has 2 aliphatic carbocycles. The van der Waals surface area contributed by atoms with Crippen molar-refractivity contribution in [1.82, 2.24) is 0 Å². The van der Waals surface area contributed by atoms with Gasteiger partial charge < -0.3 is 9.47 Å². The molecule has 1 heterocycles. The van der Waals surface area contributed by atoms with Gasteiger partial charge in [0.1, 0.15) is 0 Å². The Morgan fingerprint density at radius 2 is 1.42 bits per heavy atom. The summed E-state index contributed by atoms with van der Waals surface area (Å²) in [5.41, 5.74) is 1.71. The molecule has 0 radical (unpaired) electrons. The lowest BCUT2D eigenvalue weighted by atomic mass is 9.69. The number of rotatable bonds is 7. The van der Waals surface area contributed by atoms with Crippen LogP contribution >= 0.6 is 11.6 Å². The van der Waals surface area contributed by atoms with E-state index in [2.05, 4.69) is 12.7 Å². The molecule has 3 heteroatoms. The van der Waals surface area contributed by atoms with Crippen molar-refractivity contribution in [2.45, 2.75) is 76.9 Å². The van der Waals surface area contributed by atoms with E-state index in [0.717, 1.165) is 37.4 Å². The van der Waals surface area contributed by atoms with Gasteiger partial charge in [0.05, 0.1) is 13.2 Å². The molecule has 0 spiro atoms. The number of unbranched alkanes of at least 4 members (excludes halogenated alkanes) is 1. The second-order valence-corrected chi connectivity index (χ2v) is 9.04. The van der Waals surface area contributed by atoms with E-state index in [1.807, 2.05) is 6.08 Å². The predicted molar refractivity (Wildman–Crippen MR) is 109 cm³/mol. The molecular formula is C23H37ClO2.